The van der Waals surface area contributed by atoms with Crippen molar-refractivity contribution in [1.29, 1.82) is 0 Å². The predicted molar refractivity (Wildman–Crippen MR) is 66.1 cm³/mol. The molecule has 0 aromatic heterocycles. The number of thioether (sulfide) groups is 1. The van der Waals surface area contributed by atoms with Gasteiger partial charge in [-0.3, -0.25) is 9.59 Å². The van der Waals surface area contributed by atoms with Gasteiger partial charge in [-0.1, -0.05) is 0 Å². The van der Waals surface area contributed by atoms with Gasteiger partial charge in [-0.25, -0.2) is 0 Å². The summed E-state index contributed by atoms with van der Waals surface area (Å²) in [6, 6.07) is 0. The fraction of sp³-hybridized carbons (Fsp3) is 0.818. The number of amides is 1. The molecule has 17 heavy (non-hydrogen) atoms. The van der Waals surface area contributed by atoms with Crippen molar-refractivity contribution < 1.29 is 19.4 Å². The second kappa shape index (κ2) is 7.55. The lowest BCUT2D eigenvalue weighted by molar-refractivity contribution is -0.145. The fourth-order valence-corrected chi connectivity index (χ4v) is 2.58. The van der Waals surface area contributed by atoms with Crippen molar-refractivity contribution in [3.8, 4) is 0 Å². The molecule has 0 radical (unpaired) electrons. The molecular formula is C11H19NO4S. The Balaban J connectivity index is 2.28. The zero-order valence-corrected chi connectivity index (χ0v) is 10.9. The molecule has 0 aromatic carbocycles. The van der Waals surface area contributed by atoms with E-state index in [9.17, 15) is 9.59 Å². The Hall–Kier alpha value is -0.750. The van der Waals surface area contributed by atoms with E-state index in [0.717, 1.165) is 12.2 Å². The second-order valence-electron chi connectivity index (χ2n) is 4.06. The number of carbonyl (C=O) groups excluding carboxylic acids is 1. The molecule has 1 amide bonds. The van der Waals surface area contributed by atoms with Crippen molar-refractivity contribution in [2.45, 2.75) is 12.8 Å². The lowest BCUT2D eigenvalue weighted by atomic mass is 9.98. The van der Waals surface area contributed by atoms with Gasteiger partial charge in [-0.15, -0.1) is 11.8 Å². The van der Waals surface area contributed by atoms with E-state index in [4.69, 9.17) is 9.84 Å². The van der Waals surface area contributed by atoms with E-state index in [1.54, 1.807) is 12.0 Å². The Labute approximate surface area is 105 Å². The maximum Gasteiger partial charge on any atom is 0.308 e. The first-order valence-corrected chi connectivity index (χ1v) is 6.88. The lowest BCUT2D eigenvalue weighted by Gasteiger charge is -2.30. The molecule has 1 aliphatic heterocycles. The molecule has 0 saturated carbocycles. The van der Waals surface area contributed by atoms with Crippen LogP contribution in [0.15, 0.2) is 0 Å². The number of carboxylic acid groups (broad SMARTS) is 1. The Bertz CT molecular complexity index is 272. The van der Waals surface area contributed by atoms with Crippen LogP contribution >= 0.6 is 11.8 Å². The summed E-state index contributed by atoms with van der Waals surface area (Å²) in [7, 11) is 1.63. The quantitative estimate of drug-likeness (QED) is 0.713. The van der Waals surface area contributed by atoms with Crippen LogP contribution in [-0.2, 0) is 14.3 Å². The van der Waals surface area contributed by atoms with Crippen molar-refractivity contribution in [2.75, 3.05) is 38.3 Å². The highest BCUT2D eigenvalue weighted by Gasteiger charge is 2.27. The molecule has 0 aromatic rings. The van der Waals surface area contributed by atoms with E-state index >= 15 is 0 Å². The fourth-order valence-electron chi connectivity index (χ4n) is 1.80. The summed E-state index contributed by atoms with van der Waals surface area (Å²) in [4.78, 5) is 24.3. The van der Waals surface area contributed by atoms with Crippen molar-refractivity contribution in [1.82, 2.24) is 4.90 Å². The Morgan fingerprint density at radius 3 is 2.94 bits per heavy atom. The van der Waals surface area contributed by atoms with Gasteiger partial charge >= 0.3 is 5.97 Å². The zero-order valence-electron chi connectivity index (χ0n) is 10.1. The molecular weight excluding hydrogens is 242 g/mol. The average molecular weight is 261 g/mol. The van der Waals surface area contributed by atoms with Crippen LogP contribution < -0.4 is 0 Å². The number of rotatable bonds is 6. The van der Waals surface area contributed by atoms with E-state index in [1.807, 2.05) is 0 Å². The molecule has 1 rings (SSSR count). The first-order chi connectivity index (χ1) is 8.15. The third-order valence-electron chi connectivity index (χ3n) is 2.78. The van der Waals surface area contributed by atoms with Gasteiger partial charge in [-0.05, 0) is 12.8 Å². The summed E-state index contributed by atoms with van der Waals surface area (Å²) in [6.45, 7) is 1.68. The monoisotopic (exact) mass is 261 g/mol. The summed E-state index contributed by atoms with van der Waals surface area (Å²) >= 11 is 1.53. The molecule has 1 atom stereocenters. The largest absolute Gasteiger partial charge is 0.481 e. The molecule has 1 N–H and O–H groups in total. The van der Waals surface area contributed by atoms with Gasteiger partial charge in [-0.2, -0.15) is 0 Å². The van der Waals surface area contributed by atoms with E-state index < -0.39 is 11.9 Å². The molecule has 1 saturated heterocycles. The molecule has 1 fully saturated rings. The highest BCUT2D eigenvalue weighted by Crippen LogP contribution is 2.17. The molecule has 0 aliphatic carbocycles. The van der Waals surface area contributed by atoms with Gasteiger partial charge in [0.05, 0.1) is 18.3 Å². The van der Waals surface area contributed by atoms with E-state index in [-0.39, 0.29) is 5.91 Å². The van der Waals surface area contributed by atoms with Crippen LogP contribution in [0.25, 0.3) is 0 Å². The van der Waals surface area contributed by atoms with Crippen molar-refractivity contribution in [2.24, 2.45) is 5.92 Å². The summed E-state index contributed by atoms with van der Waals surface area (Å²) in [5.74, 6) is 0.0528. The molecule has 0 spiro atoms. The van der Waals surface area contributed by atoms with E-state index in [2.05, 4.69) is 0 Å². The third-order valence-corrected chi connectivity index (χ3v) is 3.69. The Kier molecular flexibility index (Phi) is 6.36. The Morgan fingerprint density at radius 2 is 2.29 bits per heavy atom. The molecule has 0 bridgehead atoms. The number of carboxylic acids is 1. The number of nitrogens with zero attached hydrogens (tertiary/aromatic N) is 1. The van der Waals surface area contributed by atoms with E-state index in [0.29, 0.717) is 31.9 Å². The predicted octanol–water partition coefficient (Wildman–Crippen LogP) is 0.689. The summed E-state index contributed by atoms with van der Waals surface area (Å²) in [6.07, 6.45) is 1.46. The minimum atomic E-state index is -0.797. The topological polar surface area (TPSA) is 66.8 Å². The maximum atomic E-state index is 11.8. The van der Waals surface area contributed by atoms with Crippen LogP contribution in [-0.4, -0.2) is 60.2 Å². The van der Waals surface area contributed by atoms with Crippen LogP contribution in [0.4, 0.5) is 0 Å². The molecule has 0 unspecified atom stereocenters. The van der Waals surface area contributed by atoms with Crippen LogP contribution in [0, 0.1) is 5.92 Å². The van der Waals surface area contributed by atoms with Crippen molar-refractivity contribution in [3.05, 3.63) is 0 Å². The smallest absolute Gasteiger partial charge is 0.308 e. The zero-order chi connectivity index (χ0) is 12.7. The Morgan fingerprint density at radius 1 is 1.53 bits per heavy atom. The van der Waals surface area contributed by atoms with Gasteiger partial charge in [0.2, 0.25) is 5.91 Å². The van der Waals surface area contributed by atoms with Crippen LogP contribution in [0.5, 0.6) is 0 Å². The van der Waals surface area contributed by atoms with Gasteiger partial charge in [0, 0.05) is 26.0 Å². The van der Waals surface area contributed by atoms with E-state index in [1.165, 1.54) is 11.8 Å². The van der Waals surface area contributed by atoms with Crippen LogP contribution in [0.2, 0.25) is 0 Å². The number of hydrogen-bond acceptors (Lipinski definition) is 4. The molecule has 98 valence electrons. The SMILES string of the molecule is COCCSCC(=O)N1CCC[C@@H](C(=O)O)C1. The number of piperidine rings is 1. The summed E-state index contributed by atoms with van der Waals surface area (Å²) < 4.78 is 4.89. The van der Waals surface area contributed by atoms with Gasteiger partial charge < -0.3 is 14.7 Å². The standard InChI is InChI=1S/C11H19NO4S/c1-16-5-6-17-8-10(13)12-4-2-3-9(7-12)11(14)15/h9H,2-8H2,1H3,(H,14,15)/t9-/m1/s1. The number of methoxy groups -OCH3 is 1. The van der Waals surface area contributed by atoms with Crippen LogP contribution in [0.3, 0.4) is 0 Å². The number of likely N-dealkylation sites (tertiary alicyclic amines) is 1. The highest BCUT2D eigenvalue weighted by atomic mass is 32.2. The highest BCUT2D eigenvalue weighted by molar-refractivity contribution is 7.99. The minimum Gasteiger partial charge on any atom is -0.481 e. The molecule has 1 heterocycles. The van der Waals surface area contributed by atoms with Crippen molar-refractivity contribution in [3.63, 3.8) is 0 Å². The summed E-state index contributed by atoms with van der Waals surface area (Å²) in [5, 5.41) is 8.92. The number of aliphatic carboxylic acids is 1. The van der Waals surface area contributed by atoms with Crippen molar-refractivity contribution >= 4 is 23.6 Å². The average Bonchev–Trinajstić information content (AvgIpc) is 2.34. The normalized spacial score (nSPS) is 20.3. The third kappa shape index (κ3) is 4.95. The number of ether oxygens (including phenoxy) is 1. The lowest BCUT2D eigenvalue weighted by Crippen LogP contribution is -2.43. The van der Waals surface area contributed by atoms with Crippen LogP contribution in [0.1, 0.15) is 12.8 Å². The molecule has 1 aliphatic rings. The van der Waals surface area contributed by atoms with Gasteiger partial charge in [0.25, 0.3) is 0 Å². The van der Waals surface area contributed by atoms with Gasteiger partial charge in [0.15, 0.2) is 0 Å². The molecule has 5 nitrogen and oxygen atoms in total. The number of hydrogen-bond donors (Lipinski definition) is 1. The number of carbonyl (C=O) groups is 2. The first-order valence-electron chi connectivity index (χ1n) is 5.72. The summed E-state index contributed by atoms with van der Waals surface area (Å²) in [5.41, 5.74) is 0. The minimum absolute atomic E-state index is 0.0389. The molecule has 6 heteroatoms. The van der Waals surface area contributed by atoms with Gasteiger partial charge in [0.1, 0.15) is 0 Å². The second-order valence-corrected chi connectivity index (χ2v) is 5.17. The first kappa shape index (κ1) is 14.3. The maximum absolute atomic E-state index is 11.8.